The van der Waals surface area contributed by atoms with Crippen LogP contribution in [-0.4, -0.2) is 44.9 Å². The van der Waals surface area contributed by atoms with Gasteiger partial charge in [-0.05, 0) is 43.7 Å². The Hall–Kier alpha value is -1.92. The van der Waals surface area contributed by atoms with Crippen LogP contribution in [0.5, 0.6) is 5.75 Å². The first-order valence-corrected chi connectivity index (χ1v) is 7.82. The summed E-state index contributed by atoms with van der Waals surface area (Å²) in [4.78, 5) is 6.34. The number of aromatic nitrogens is 2. The smallest absolute Gasteiger partial charge is 0.123 e. The molecule has 1 aromatic heterocycles. The molecule has 23 heavy (non-hydrogen) atoms. The minimum absolute atomic E-state index is 0.209. The van der Waals surface area contributed by atoms with Crippen molar-refractivity contribution in [3.8, 4) is 5.75 Å². The van der Waals surface area contributed by atoms with Crippen LogP contribution in [0, 0.1) is 5.82 Å². The van der Waals surface area contributed by atoms with Gasteiger partial charge in [-0.15, -0.1) is 0 Å². The summed E-state index contributed by atoms with van der Waals surface area (Å²) in [5, 5.41) is 10.8. The maximum absolute atomic E-state index is 12.9. The Bertz CT molecular complexity index is 644. The Kier molecular flexibility index (Phi) is 4.63. The van der Waals surface area contributed by atoms with Gasteiger partial charge in [-0.25, -0.2) is 9.37 Å². The number of hydrogen-bond donors (Lipinski definition) is 1. The van der Waals surface area contributed by atoms with Crippen LogP contribution in [0.2, 0.25) is 0 Å². The predicted octanol–water partition coefficient (Wildman–Crippen LogP) is 1.97. The summed E-state index contributed by atoms with van der Waals surface area (Å²) in [5.74, 6) is 0.277. The largest absolute Gasteiger partial charge is 0.491 e. The lowest BCUT2D eigenvalue weighted by atomic mass is 9.93. The van der Waals surface area contributed by atoms with Crippen molar-refractivity contribution in [3.05, 3.63) is 48.3 Å². The first kappa shape index (κ1) is 16.0. The van der Waals surface area contributed by atoms with Gasteiger partial charge in [0.15, 0.2) is 0 Å². The van der Waals surface area contributed by atoms with Crippen molar-refractivity contribution in [3.63, 3.8) is 0 Å². The molecule has 1 saturated heterocycles. The first-order chi connectivity index (χ1) is 11.0. The fraction of sp³-hybridized carbons (Fsp3) is 0.471. The molecule has 2 aromatic rings. The molecule has 124 valence electrons. The number of rotatable bonds is 5. The molecule has 1 aliphatic rings. The number of benzene rings is 1. The van der Waals surface area contributed by atoms with Crippen molar-refractivity contribution >= 4 is 0 Å². The van der Waals surface area contributed by atoms with Crippen molar-refractivity contribution in [2.24, 2.45) is 7.05 Å². The molecule has 3 rings (SSSR count). The van der Waals surface area contributed by atoms with E-state index in [9.17, 15) is 9.50 Å². The molecule has 1 aliphatic heterocycles. The van der Waals surface area contributed by atoms with Gasteiger partial charge in [0.05, 0.1) is 12.0 Å². The van der Waals surface area contributed by atoms with E-state index >= 15 is 0 Å². The number of likely N-dealkylation sites (tertiary alicyclic amines) is 1. The van der Waals surface area contributed by atoms with Crippen LogP contribution in [0.3, 0.4) is 0 Å². The van der Waals surface area contributed by atoms with Crippen LogP contribution in [-0.2, 0) is 13.6 Å². The molecule has 6 heteroatoms. The van der Waals surface area contributed by atoms with E-state index in [4.69, 9.17) is 4.74 Å². The summed E-state index contributed by atoms with van der Waals surface area (Å²) < 4.78 is 20.5. The Labute approximate surface area is 135 Å². The highest BCUT2D eigenvalue weighted by molar-refractivity contribution is 5.22. The lowest BCUT2D eigenvalue weighted by Gasteiger charge is -2.38. The number of imidazole rings is 1. The molecule has 2 heterocycles. The lowest BCUT2D eigenvalue weighted by molar-refractivity contribution is -0.0624. The molecule has 0 spiro atoms. The fourth-order valence-corrected chi connectivity index (χ4v) is 2.97. The molecule has 0 amide bonds. The summed E-state index contributed by atoms with van der Waals surface area (Å²) in [6, 6.07) is 5.87. The van der Waals surface area contributed by atoms with Crippen LogP contribution in [0.4, 0.5) is 4.39 Å². The van der Waals surface area contributed by atoms with Crippen molar-refractivity contribution in [1.29, 1.82) is 0 Å². The van der Waals surface area contributed by atoms with Crippen molar-refractivity contribution < 1.29 is 14.2 Å². The summed E-state index contributed by atoms with van der Waals surface area (Å²) in [6.45, 7) is 2.47. The minimum Gasteiger partial charge on any atom is -0.491 e. The third kappa shape index (κ3) is 4.09. The molecule has 1 fully saturated rings. The third-order valence-electron chi connectivity index (χ3n) is 4.26. The average molecular weight is 319 g/mol. The molecule has 0 radical (unpaired) electrons. The van der Waals surface area contributed by atoms with Crippen LogP contribution >= 0.6 is 0 Å². The molecule has 1 atom stereocenters. The standard InChI is InChI=1S/C17H22FN3O2/c1-20-13-19-9-15(20)10-21-8-2-7-17(22,11-21)12-23-16-5-3-14(18)4-6-16/h3-6,9,13,22H,2,7-8,10-12H2,1H3/t17-/m1/s1. The summed E-state index contributed by atoms with van der Waals surface area (Å²) in [7, 11) is 1.97. The highest BCUT2D eigenvalue weighted by Gasteiger charge is 2.34. The van der Waals surface area contributed by atoms with Gasteiger partial charge in [0.1, 0.15) is 23.8 Å². The summed E-state index contributed by atoms with van der Waals surface area (Å²) in [6.07, 6.45) is 5.25. The lowest BCUT2D eigenvalue weighted by Crippen LogP contribution is -2.51. The van der Waals surface area contributed by atoms with Crippen molar-refractivity contribution in [2.75, 3.05) is 19.7 Å². The number of aliphatic hydroxyl groups is 1. The van der Waals surface area contributed by atoms with Gasteiger partial charge >= 0.3 is 0 Å². The van der Waals surface area contributed by atoms with Gasteiger partial charge in [0.2, 0.25) is 0 Å². The number of hydrogen-bond acceptors (Lipinski definition) is 4. The normalized spacial score (nSPS) is 22.2. The van der Waals surface area contributed by atoms with E-state index in [0.717, 1.165) is 25.2 Å². The zero-order valence-electron chi connectivity index (χ0n) is 13.3. The Morgan fingerprint density at radius 1 is 1.35 bits per heavy atom. The van der Waals surface area contributed by atoms with Crippen molar-refractivity contribution in [1.82, 2.24) is 14.5 Å². The maximum Gasteiger partial charge on any atom is 0.123 e. The van der Waals surface area contributed by atoms with Gasteiger partial charge in [0.25, 0.3) is 0 Å². The number of piperidine rings is 1. The monoisotopic (exact) mass is 319 g/mol. The fourth-order valence-electron chi connectivity index (χ4n) is 2.97. The van der Waals surface area contributed by atoms with E-state index in [0.29, 0.717) is 18.7 Å². The van der Waals surface area contributed by atoms with Crippen LogP contribution in [0.15, 0.2) is 36.8 Å². The van der Waals surface area contributed by atoms with Gasteiger partial charge in [-0.1, -0.05) is 0 Å². The Morgan fingerprint density at radius 2 is 2.13 bits per heavy atom. The molecule has 0 saturated carbocycles. The molecular weight excluding hydrogens is 297 g/mol. The molecule has 0 unspecified atom stereocenters. The van der Waals surface area contributed by atoms with E-state index in [1.165, 1.54) is 12.1 Å². The second-order valence-corrected chi connectivity index (χ2v) is 6.28. The van der Waals surface area contributed by atoms with E-state index in [2.05, 4.69) is 9.88 Å². The quantitative estimate of drug-likeness (QED) is 0.915. The number of β-amino-alcohol motifs (C(OH)–C–C–N with tert-alkyl or cyclic N) is 1. The molecular formula is C17H22FN3O2. The molecule has 1 N–H and O–H groups in total. The average Bonchev–Trinajstić information content (AvgIpc) is 2.92. The highest BCUT2D eigenvalue weighted by Crippen LogP contribution is 2.24. The number of halogens is 1. The van der Waals surface area contributed by atoms with Gasteiger partial charge in [-0.3, -0.25) is 4.90 Å². The minimum atomic E-state index is -0.884. The zero-order valence-corrected chi connectivity index (χ0v) is 13.3. The molecule has 1 aromatic carbocycles. The number of ether oxygens (including phenoxy) is 1. The van der Waals surface area contributed by atoms with Crippen LogP contribution in [0.25, 0.3) is 0 Å². The van der Waals surface area contributed by atoms with Gasteiger partial charge in [-0.2, -0.15) is 0 Å². The molecule has 5 nitrogen and oxygen atoms in total. The van der Waals surface area contributed by atoms with Gasteiger partial charge in [0, 0.05) is 26.3 Å². The SMILES string of the molecule is Cn1cncc1CN1CCC[C@](O)(COc2ccc(F)cc2)C1. The third-order valence-corrected chi connectivity index (χ3v) is 4.26. The molecule has 0 bridgehead atoms. The summed E-state index contributed by atoms with van der Waals surface area (Å²) in [5.41, 5.74) is 0.235. The predicted molar refractivity (Wildman–Crippen MR) is 84.6 cm³/mol. The zero-order chi connectivity index (χ0) is 16.3. The number of nitrogens with zero attached hydrogens (tertiary/aromatic N) is 3. The highest BCUT2D eigenvalue weighted by atomic mass is 19.1. The Balaban J connectivity index is 1.57. The first-order valence-electron chi connectivity index (χ1n) is 7.82. The van der Waals surface area contributed by atoms with Gasteiger partial charge < -0.3 is 14.4 Å². The maximum atomic E-state index is 12.9. The van der Waals surface area contributed by atoms with E-state index in [-0.39, 0.29) is 12.4 Å². The van der Waals surface area contributed by atoms with E-state index in [1.807, 2.05) is 17.8 Å². The second kappa shape index (κ2) is 6.68. The summed E-state index contributed by atoms with van der Waals surface area (Å²) >= 11 is 0. The molecule has 0 aliphatic carbocycles. The topological polar surface area (TPSA) is 50.5 Å². The van der Waals surface area contributed by atoms with Crippen LogP contribution < -0.4 is 4.74 Å². The number of aryl methyl sites for hydroxylation is 1. The second-order valence-electron chi connectivity index (χ2n) is 6.28. The van der Waals surface area contributed by atoms with E-state index in [1.54, 1.807) is 18.5 Å². The Morgan fingerprint density at radius 3 is 2.83 bits per heavy atom. The van der Waals surface area contributed by atoms with Crippen LogP contribution in [0.1, 0.15) is 18.5 Å². The van der Waals surface area contributed by atoms with Crippen molar-refractivity contribution in [2.45, 2.75) is 25.0 Å². The van der Waals surface area contributed by atoms with E-state index < -0.39 is 5.60 Å².